The summed E-state index contributed by atoms with van der Waals surface area (Å²) in [4.78, 5) is 0. The molecule has 2 nitrogen and oxygen atoms in total. The summed E-state index contributed by atoms with van der Waals surface area (Å²) in [6, 6.07) is 0. The van der Waals surface area contributed by atoms with Crippen LogP contribution in [0.4, 0.5) is 0 Å². The average molecular weight is 282 g/mol. The van der Waals surface area contributed by atoms with E-state index in [2.05, 4.69) is 5.09 Å². The Kier molecular flexibility index (Phi) is 2.87. The third-order valence-electron chi connectivity index (χ3n) is 4.60. The summed E-state index contributed by atoms with van der Waals surface area (Å²) < 4.78 is 12.0. The molecule has 16 heavy (non-hydrogen) atoms. The summed E-state index contributed by atoms with van der Waals surface area (Å²) in [6.45, 7) is -2.83. The Labute approximate surface area is 107 Å². The van der Waals surface area contributed by atoms with Gasteiger partial charge in [-0.05, 0) is 67.5 Å². The monoisotopic (exact) mass is 281 g/mol. The van der Waals surface area contributed by atoms with Gasteiger partial charge in [-0.1, -0.05) is 0 Å². The topological polar surface area (TPSA) is 29.1 Å². The Morgan fingerprint density at radius 3 is 1.94 bits per heavy atom. The maximum absolute atomic E-state index is 12.0. The summed E-state index contributed by atoms with van der Waals surface area (Å²) in [6.07, 6.45) is 7.63. The van der Waals surface area contributed by atoms with Crippen molar-refractivity contribution in [1.82, 2.24) is 5.09 Å². The first-order valence-corrected chi connectivity index (χ1v) is 9.48. The van der Waals surface area contributed by atoms with Crippen molar-refractivity contribution < 1.29 is 4.57 Å². The second-order valence-electron chi connectivity index (χ2n) is 6.08. The Morgan fingerprint density at radius 2 is 1.56 bits per heavy atom. The quantitative estimate of drug-likeness (QED) is 0.621. The van der Waals surface area contributed by atoms with E-state index in [-0.39, 0.29) is 11.2 Å². The van der Waals surface area contributed by atoms with Gasteiger partial charge in [0.05, 0.1) is 0 Å². The fourth-order valence-corrected chi connectivity index (χ4v) is 6.39. The smallest absolute Gasteiger partial charge is 0.247 e. The molecule has 4 fully saturated rings. The zero-order chi connectivity index (χ0) is 11.4. The number of halogens is 2. The van der Waals surface area contributed by atoms with Crippen molar-refractivity contribution in [3.63, 3.8) is 0 Å². The average Bonchev–Trinajstić information content (AvgIpc) is 2.13. The van der Waals surface area contributed by atoms with Gasteiger partial charge in [0, 0.05) is 5.54 Å². The second-order valence-corrected chi connectivity index (χ2v) is 10.2. The SMILES string of the molecule is O=P(Cl)(CCl)NC12CC3CC(CC(C3)C1)C2. The maximum atomic E-state index is 12.0. The van der Waals surface area contributed by atoms with Crippen LogP contribution in [0.1, 0.15) is 38.5 Å². The van der Waals surface area contributed by atoms with Gasteiger partial charge in [-0.25, -0.2) is 5.09 Å². The molecule has 1 unspecified atom stereocenters. The van der Waals surface area contributed by atoms with E-state index < -0.39 is 6.65 Å². The van der Waals surface area contributed by atoms with Crippen molar-refractivity contribution in [3.05, 3.63) is 0 Å². The van der Waals surface area contributed by atoms with Crippen molar-refractivity contribution in [2.45, 2.75) is 44.1 Å². The maximum Gasteiger partial charge on any atom is 0.247 e. The molecule has 0 saturated heterocycles. The molecule has 0 aromatic rings. The van der Waals surface area contributed by atoms with Crippen LogP contribution in [0.25, 0.3) is 0 Å². The minimum atomic E-state index is -2.83. The largest absolute Gasteiger partial charge is 0.288 e. The first kappa shape index (κ1) is 11.8. The molecule has 4 aliphatic rings. The fourth-order valence-electron chi connectivity index (χ4n) is 4.63. The summed E-state index contributed by atoms with van der Waals surface area (Å²) in [7, 11) is 0. The molecule has 0 aromatic carbocycles. The molecule has 0 spiro atoms. The lowest BCUT2D eigenvalue weighted by Gasteiger charge is -2.57. The third-order valence-corrected chi connectivity index (χ3v) is 7.70. The van der Waals surface area contributed by atoms with Gasteiger partial charge < -0.3 is 0 Å². The van der Waals surface area contributed by atoms with Crippen LogP contribution < -0.4 is 5.09 Å². The van der Waals surface area contributed by atoms with Crippen LogP contribution in [0, 0.1) is 17.8 Å². The highest BCUT2D eigenvalue weighted by Gasteiger charge is 2.52. The van der Waals surface area contributed by atoms with Gasteiger partial charge in [0.2, 0.25) is 6.65 Å². The molecular weight excluding hydrogens is 264 g/mol. The Bertz CT molecular complexity index is 312. The Balaban J connectivity index is 1.81. The highest BCUT2D eigenvalue weighted by Crippen LogP contribution is 2.60. The van der Waals surface area contributed by atoms with E-state index in [1.165, 1.54) is 19.3 Å². The summed E-state index contributed by atoms with van der Waals surface area (Å²) in [5.74, 6) is 2.52. The lowest BCUT2D eigenvalue weighted by Crippen LogP contribution is -2.57. The van der Waals surface area contributed by atoms with E-state index in [0.717, 1.165) is 37.0 Å². The standard InChI is InChI=1S/C11H18Cl2NOP/c12-7-16(13,15)14-11-4-8-1-9(5-11)3-10(2-8)6-11/h8-10H,1-7H2,(H,14,15). The molecule has 92 valence electrons. The van der Waals surface area contributed by atoms with Crippen LogP contribution in [0.2, 0.25) is 0 Å². The highest BCUT2D eigenvalue weighted by molar-refractivity contribution is 7.88. The van der Waals surface area contributed by atoms with Crippen molar-refractivity contribution in [3.8, 4) is 0 Å². The van der Waals surface area contributed by atoms with Crippen molar-refractivity contribution >= 4 is 29.5 Å². The van der Waals surface area contributed by atoms with Gasteiger partial charge in [0.1, 0.15) is 5.62 Å². The zero-order valence-corrected chi connectivity index (χ0v) is 11.7. The van der Waals surface area contributed by atoms with E-state index in [9.17, 15) is 4.57 Å². The molecule has 4 saturated carbocycles. The first-order chi connectivity index (χ1) is 7.50. The first-order valence-electron chi connectivity index (χ1n) is 6.14. The van der Waals surface area contributed by atoms with Gasteiger partial charge in [-0.15, -0.1) is 11.6 Å². The molecule has 0 amide bonds. The van der Waals surface area contributed by atoms with Crippen molar-refractivity contribution in [2.24, 2.45) is 17.8 Å². The van der Waals surface area contributed by atoms with Crippen LogP contribution in [0.5, 0.6) is 0 Å². The van der Waals surface area contributed by atoms with Crippen LogP contribution in [-0.4, -0.2) is 11.2 Å². The predicted molar refractivity (Wildman–Crippen MR) is 68.2 cm³/mol. The number of nitrogens with one attached hydrogen (secondary N) is 1. The molecule has 5 heteroatoms. The minimum Gasteiger partial charge on any atom is -0.288 e. The van der Waals surface area contributed by atoms with Gasteiger partial charge in [-0.2, -0.15) is 0 Å². The number of rotatable bonds is 3. The Hall–Kier alpha value is 0.770. The van der Waals surface area contributed by atoms with Gasteiger partial charge in [0.15, 0.2) is 0 Å². The normalized spacial score (nSPS) is 49.2. The van der Waals surface area contributed by atoms with E-state index in [1.807, 2.05) is 0 Å². The summed E-state index contributed by atoms with van der Waals surface area (Å²) in [5, 5.41) is 3.24. The predicted octanol–water partition coefficient (Wildman–Crippen LogP) is 4.17. The van der Waals surface area contributed by atoms with E-state index in [4.69, 9.17) is 22.8 Å². The fraction of sp³-hybridized carbons (Fsp3) is 1.00. The molecule has 4 bridgehead atoms. The van der Waals surface area contributed by atoms with E-state index >= 15 is 0 Å². The molecule has 1 N–H and O–H groups in total. The zero-order valence-electron chi connectivity index (χ0n) is 9.29. The second kappa shape index (κ2) is 3.88. The van der Waals surface area contributed by atoms with Crippen LogP contribution >= 0.6 is 29.5 Å². The molecular formula is C11H18Cl2NOP. The minimum absolute atomic E-state index is 0.0380. The van der Waals surface area contributed by atoms with E-state index in [1.54, 1.807) is 0 Å². The molecule has 0 aromatic heterocycles. The number of alkyl halides is 1. The molecule has 1 atom stereocenters. The Morgan fingerprint density at radius 1 is 1.12 bits per heavy atom. The van der Waals surface area contributed by atoms with Gasteiger partial charge in [0.25, 0.3) is 0 Å². The summed E-state index contributed by atoms with van der Waals surface area (Å²) >= 11 is 11.6. The lowest BCUT2D eigenvalue weighted by molar-refractivity contribution is -0.00812. The molecule has 0 heterocycles. The summed E-state index contributed by atoms with van der Waals surface area (Å²) in [5.41, 5.74) is 0.0945. The van der Waals surface area contributed by atoms with Crippen molar-refractivity contribution in [2.75, 3.05) is 5.62 Å². The third kappa shape index (κ3) is 2.07. The van der Waals surface area contributed by atoms with E-state index in [0.29, 0.717) is 0 Å². The van der Waals surface area contributed by atoms with Crippen molar-refractivity contribution in [1.29, 1.82) is 0 Å². The number of hydrogen-bond donors (Lipinski definition) is 1. The van der Waals surface area contributed by atoms with Crippen LogP contribution in [0.15, 0.2) is 0 Å². The number of hydrogen-bond acceptors (Lipinski definition) is 1. The highest BCUT2D eigenvalue weighted by atomic mass is 35.7. The van der Waals surface area contributed by atoms with Crippen LogP contribution in [0.3, 0.4) is 0 Å². The molecule has 4 rings (SSSR count). The molecule has 0 radical (unpaired) electrons. The van der Waals surface area contributed by atoms with Gasteiger partial charge >= 0.3 is 0 Å². The van der Waals surface area contributed by atoms with Crippen LogP contribution in [-0.2, 0) is 4.57 Å². The molecule has 4 aliphatic carbocycles. The molecule has 0 aliphatic heterocycles. The lowest BCUT2D eigenvalue weighted by atomic mass is 9.53. The van der Waals surface area contributed by atoms with Gasteiger partial charge in [-0.3, -0.25) is 4.57 Å².